The zero-order valence-corrected chi connectivity index (χ0v) is 17.8. The number of aromatic nitrogens is 3. The van der Waals surface area contributed by atoms with E-state index in [1.165, 1.54) is 4.70 Å². The number of benzene rings is 1. The quantitative estimate of drug-likeness (QED) is 0.660. The largest absolute Gasteiger partial charge is 0.395 e. The zero-order valence-electron chi connectivity index (χ0n) is 17.0. The number of nitrogens with zero attached hydrogens (tertiary/aromatic N) is 7. The molecule has 30 heavy (non-hydrogen) atoms. The van der Waals surface area contributed by atoms with Crippen molar-refractivity contribution < 1.29 is 5.11 Å². The molecule has 0 amide bonds. The average molecular weight is 426 g/mol. The Balaban J connectivity index is 1.17. The summed E-state index contributed by atoms with van der Waals surface area (Å²) in [5.74, 6) is 1.89. The van der Waals surface area contributed by atoms with Crippen molar-refractivity contribution in [1.29, 1.82) is 0 Å². The van der Waals surface area contributed by atoms with Gasteiger partial charge in [0.1, 0.15) is 0 Å². The van der Waals surface area contributed by atoms with E-state index < -0.39 is 0 Å². The maximum atomic E-state index is 9.08. The molecule has 0 unspecified atom stereocenters. The molecule has 8 nitrogen and oxygen atoms in total. The molecule has 0 radical (unpaired) electrons. The minimum absolute atomic E-state index is 0.223. The molecule has 0 atom stereocenters. The van der Waals surface area contributed by atoms with E-state index in [1.54, 1.807) is 11.3 Å². The van der Waals surface area contributed by atoms with Crippen molar-refractivity contribution in [3.63, 3.8) is 0 Å². The van der Waals surface area contributed by atoms with Gasteiger partial charge in [-0.25, -0.2) is 4.98 Å². The SMILES string of the molecule is OCCN1CCN(c2ccc(N3CCN(c4nc5ccccc5s4)CC3)nn2)CC1. The van der Waals surface area contributed by atoms with Crippen LogP contribution < -0.4 is 14.7 Å². The molecule has 2 fully saturated rings. The molecule has 4 heterocycles. The second kappa shape index (κ2) is 8.71. The van der Waals surface area contributed by atoms with Gasteiger partial charge in [-0.2, -0.15) is 0 Å². The van der Waals surface area contributed by atoms with Gasteiger partial charge in [0.05, 0.1) is 16.8 Å². The Morgan fingerprint density at radius 1 is 0.767 bits per heavy atom. The highest BCUT2D eigenvalue weighted by molar-refractivity contribution is 7.22. The van der Waals surface area contributed by atoms with Crippen molar-refractivity contribution in [2.45, 2.75) is 0 Å². The van der Waals surface area contributed by atoms with Crippen molar-refractivity contribution >= 4 is 38.3 Å². The molecule has 5 rings (SSSR count). The fourth-order valence-electron chi connectivity index (χ4n) is 4.12. The summed E-state index contributed by atoms with van der Waals surface area (Å²) in [5, 5.41) is 19.2. The summed E-state index contributed by atoms with van der Waals surface area (Å²) in [5.41, 5.74) is 1.08. The first-order chi connectivity index (χ1) is 14.8. The predicted octanol–water partition coefficient (Wildman–Crippen LogP) is 1.53. The Hall–Kier alpha value is -2.49. The van der Waals surface area contributed by atoms with Gasteiger partial charge in [-0.05, 0) is 24.3 Å². The first kappa shape index (κ1) is 19.5. The lowest BCUT2D eigenvalue weighted by Gasteiger charge is -2.36. The normalized spacial score (nSPS) is 18.4. The van der Waals surface area contributed by atoms with Crippen molar-refractivity contribution in [2.75, 3.05) is 80.2 Å². The Morgan fingerprint density at radius 3 is 1.97 bits per heavy atom. The lowest BCUT2D eigenvalue weighted by Crippen LogP contribution is -2.48. The lowest BCUT2D eigenvalue weighted by molar-refractivity contribution is 0.188. The number of fused-ring (bicyclic) bond motifs is 1. The molecule has 1 N–H and O–H groups in total. The van der Waals surface area contributed by atoms with Crippen molar-refractivity contribution in [1.82, 2.24) is 20.1 Å². The molecule has 9 heteroatoms. The molecule has 0 bridgehead atoms. The molecule has 2 aromatic heterocycles. The zero-order chi connectivity index (χ0) is 20.3. The number of hydrogen-bond acceptors (Lipinski definition) is 9. The van der Waals surface area contributed by atoms with E-state index in [9.17, 15) is 0 Å². The summed E-state index contributed by atoms with van der Waals surface area (Å²) in [6, 6.07) is 12.5. The summed E-state index contributed by atoms with van der Waals surface area (Å²) in [7, 11) is 0. The van der Waals surface area contributed by atoms with Gasteiger partial charge in [0, 0.05) is 58.9 Å². The van der Waals surface area contributed by atoms with Gasteiger partial charge in [-0.3, -0.25) is 4.90 Å². The predicted molar refractivity (Wildman–Crippen MR) is 122 cm³/mol. The van der Waals surface area contributed by atoms with E-state index in [0.717, 1.165) is 81.2 Å². The summed E-state index contributed by atoms with van der Waals surface area (Å²) in [4.78, 5) is 14.0. The fourth-order valence-corrected chi connectivity index (χ4v) is 5.14. The maximum absolute atomic E-state index is 9.08. The third-order valence-corrected chi connectivity index (χ3v) is 7.00. The number of aliphatic hydroxyl groups excluding tert-OH is 1. The van der Waals surface area contributed by atoms with Crippen LogP contribution in [0.5, 0.6) is 0 Å². The number of rotatable bonds is 5. The smallest absolute Gasteiger partial charge is 0.186 e. The second-order valence-corrected chi connectivity index (χ2v) is 8.75. The van der Waals surface area contributed by atoms with Crippen LogP contribution in [0.15, 0.2) is 36.4 Å². The van der Waals surface area contributed by atoms with Crippen molar-refractivity contribution in [3.05, 3.63) is 36.4 Å². The number of aliphatic hydroxyl groups is 1. The van der Waals surface area contributed by atoms with Crippen molar-refractivity contribution in [3.8, 4) is 0 Å². The van der Waals surface area contributed by atoms with Gasteiger partial charge >= 0.3 is 0 Å². The molecule has 0 spiro atoms. The molecular formula is C21H27N7OS. The highest BCUT2D eigenvalue weighted by Gasteiger charge is 2.22. The molecular weight excluding hydrogens is 398 g/mol. The molecule has 3 aromatic rings. The topological polar surface area (TPSA) is 71.9 Å². The first-order valence-corrected chi connectivity index (χ1v) is 11.4. The lowest BCUT2D eigenvalue weighted by atomic mass is 10.3. The molecule has 2 aliphatic heterocycles. The van der Waals surface area contributed by atoms with E-state index >= 15 is 0 Å². The van der Waals surface area contributed by atoms with Crippen LogP contribution in [0, 0.1) is 0 Å². The number of thiazole rings is 1. The highest BCUT2D eigenvalue weighted by atomic mass is 32.1. The van der Waals surface area contributed by atoms with Crippen LogP contribution in [0.4, 0.5) is 16.8 Å². The molecule has 0 aliphatic carbocycles. The summed E-state index contributed by atoms with van der Waals surface area (Å²) in [6.45, 7) is 8.46. The fraction of sp³-hybridized carbons (Fsp3) is 0.476. The number of piperazine rings is 2. The number of β-amino-alcohol motifs (C(OH)–C–C–N with tert-alkyl or cyclic N) is 1. The van der Waals surface area contributed by atoms with Gasteiger partial charge in [0.15, 0.2) is 16.8 Å². The van der Waals surface area contributed by atoms with E-state index in [2.05, 4.69) is 60.1 Å². The molecule has 2 aliphatic rings. The number of anilines is 3. The van der Waals surface area contributed by atoms with Crippen LogP contribution in [0.1, 0.15) is 0 Å². The second-order valence-electron chi connectivity index (χ2n) is 7.74. The van der Waals surface area contributed by atoms with Crippen LogP contribution >= 0.6 is 11.3 Å². The van der Waals surface area contributed by atoms with Gasteiger partial charge in [-0.1, -0.05) is 23.5 Å². The standard InChI is InChI=1S/C21H27N7OS/c29-16-15-25-7-9-26(10-8-25)19-5-6-20(24-23-19)27-11-13-28(14-12-27)21-22-17-3-1-2-4-18(17)30-21/h1-6,29H,7-16H2. The van der Waals surface area contributed by atoms with Crippen LogP contribution in [0.3, 0.4) is 0 Å². The number of hydrogen-bond donors (Lipinski definition) is 1. The van der Waals surface area contributed by atoms with Crippen LogP contribution in [0.25, 0.3) is 10.2 Å². The molecule has 1 aromatic carbocycles. The molecule has 158 valence electrons. The van der Waals surface area contributed by atoms with E-state index in [-0.39, 0.29) is 6.61 Å². The minimum atomic E-state index is 0.223. The highest BCUT2D eigenvalue weighted by Crippen LogP contribution is 2.29. The third kappa shape index (κ3) is 4.05. The van der Waals surface area contributed by atoms with Crippen LogP contribution in [-0.2, 0) is 0 Å². The van der Waals surface area contributed by atoms with Gasteiger partial charge in [-0.15, -0.1) is 10.2 Å². The minimum Gasteiger partial charge on any atom is -0.395 e. The third-order valence-electron chi connectivity index (χ3n) is 5.91. The van der Waals surface area contributed by atoms with Gasteiger partial charge < -0.3 is 19.8 Å². The molecule has 2 saturated heterocycles. The first-order valence-electron chi connectivity index (χ1n) is 10.6. The summed E-state index contributed by atoms with van der Waals surface area (Å²) >= 11 is 1.77. The Morgan fingerprint density at radius 2 is 1.37 bits per heavy atom. The average Bonchev–Trinajstić information content (AvgIpc) is 3.25. The Labute approximate surface area is 180 Å². The Kier molecular flexibility index (Phi) is 5.65. The van der Waals surface area contributed by atoms with Gasteiger partial charge in [0.2, 0.25) is 0 Å². The van der Waals surface area contributed by atoms with E-state index in [1.807, 2.05) is 6.07 Å². The Bertz CT molecular complexity index is 930. The monoisotopic (exact) mass is 425 g/mol. The maximum Gasteiger partial charge on any atom is 0.186 e. The van der Waals surface area contributed by atoms with Crippen LogP contribution in [-0.4, -0.2) is 90.7 Å². The summed E-state index contributed by atoms with van der Waals surface area (Å²) < 4.78 is 1.24. The van der Waals surface area contributed by atoms with Gasteiger partial charge in [0.25, 0.3) is 0 Å². The van der Waals surface area contributed by atoms with E-state index in [0.29, 0.717) is 0 Å². The van der Waals surface area contributed by atoms with E-state index in [4.69, 9.17) is 10.1 Å². The van der Waals surface area contributed by atoms with Crippen molar-refractivity contribution in [2.24, 2.45) is 0 Å². The summed E-state index contributed by atoms with van der Waals surface area (Å²) in [6.07, 6.45) is 0. The van der Waals surface area contributed by atoms with Crippen LogP contribution in [0.2, 0.25) is 0 Å². The molecule has 0 saturated carbocycles. The number of para-hydroxylation sites is 1.